The Labute approximate surface area is 105 Å². The van der Waals surface area contributed by atoms with Crippen molar-refractivity contribution in [3.63, 3.8) is 0 Å². The van der Waals surface area contributed by atoms with Crippen molar-refractivity contribution in [2.75, 3.05) is 26.2 Å². The molecular weight excluding hydrogens is 234 g/mol. The monoisotopic (exact) mass is 253 g/mol. The molecule has 0 aromatic carbocycles. The number of ether oxygens (including phenoxy) is 1. The molecule has 1 aliphatic heterocycles. The molecule has 100 valence electrons. The van der Waals surface area contributed by atoms with Crippen LogP contribution >= 0.6 is 0 Å². The van der Waals surface area contributed by atoms with Gasteiger partial charge in [0.25, 0.3) is 5.56 Å². The van der Waals surface area contributed by atoms with Crippen LogP contribution < -0.4 is 11.2 Å². The van der Waals surface area contributed by atoms with Gasteiger partial charge in [0.2, 0.25) is 0 Å². The largest absolute Gasteiger partial charge is 0.374 e. The summed E-state index contributed by atoms with van der Waals surface area (Å²) in [6.45, 7) is 7.71. The van der Waals surface area contributed by atoms with Crippen molar-refractivity contribution in [1.82, 2.24) is 14.5 Å². The third kappa shape index (κ3) is 2.88. The molecule has 2 heterocycles. The number of aromatic nitrogens is 2. The average Bonchev–Trinajstić information content (AvgIpc) is 2.36. The lowest BCUT2D eigenvalue weighted by atomic mass is 10.2. The Morgan fingerprint density at radius 2 is 2.28 bits per heavy atom. The molecule has 0 bridgehead atoms. The number of rotatable bonds is 3. The van der Waals surface area contributed by atoms with Crippen LogP contribution in [0.2, 0.25) is 0 Å². The number of nitrogens with one attached hydrogen (secondary N) is 1. The Kier molecular flexibility index (Phi) is 3.98. The minimum atomic E-state index is -0.372. The van der Waals surface area contributed by atoms with E-state index in [-0.39, 0.29) is 17.4 Å². The molecule has 0 aliphatic carbocycles. The van der Waals surface area contributed by atoms with Crippen LogP contribution in [0.5, 0.6) is 0 Å². The van der Waals surface area contributed by atoms with E-state index in [2.05, 4.69) is 16.8 Å². The fourth-order valence-electron chi connectivity index (χ4n) is 2.15. The van der Waals surface area contributed by atoms with Gasteiger partial charge in [-0.15, -0.1) is 0 Å². The minimum absolute atomic E-state index is 0.00158. The van der Waals surface area contributed by atoms with Gasteiger partial charge in [-0.25, -0.2) is 4.79 Å². The number of likely N-dealkylation sites (N-methyl/N-ethyl adjacent to an activating group) is 1. The van der Waals surface area contributed by atoms with Gasteiger partial charge in [-0.1, -0.05) is 6.92 Å². The van der Waals surface area contributed by atoms with E-state index in [1.807, 2.05) is 0 Å². The molecule has 1 aliphatic rings. The second-order valence-electron chi connectivity index (χ2n) is 4.61. The highest BCUT2D eigenvalue weighted by atomic mass is 16.5. The number of H-pyrrole nitrogens is 1. The first-order valence-electron chi connectivity index (χ1n) is 6.24. The standard InChI is InChI=1S/C12H19N3O3/c1-3-14-4-5-18-10(7-14)8-15-6-9(2)11(16)13-12(15)17/h6,10H,3-5,7-8H2,1-2H3,(H,13,16,17). The van der Waals surface area contributed by atoms with Crippen LogP contribution in [0.4, 0.5) is 0 Å². The molecule has 1 fully saturated rings. The molecule has 18 heavy (non-hydrogen) atoms. The van der Waals surface area contributed by atoms with E-state index in [9.17, 15) is 9.59 Å². The molecule has 1 aromatic rings. The maximum Gasteiger partial charge on any atom is 0.328 e. The normalized spacial score (nSPS) is 21.1. The molecule has 1 atom stereocenters. The lowest BCUT2D eigenvalue weighted by Crippen LogP contribution is -2.45. The maximum atomic E-state index is 11.7. The molecule has 1 N–H and O–H groups in total. The van der Waals surface area contributed by atoms with Crippen molar-refractivity contribution in [3.05, 3.63) is 32.6 Å². The third-order valence-corrected chi connectivity index (χ3v) is 3.26. The first kappa shape index (κ1) is 13.0. The lowest BCUT2D eigenvalue weighted by molar-refractivity contribution is -0.0349. The Bertz CT molecular complexity index is 520. The Morgan fingerprint density at radius 1 is 1.50 bits per heavy atom. The topological polar surface area (TPSA) is 67.3 Å². The zero-order valence-corrected chi connectivity index (χ0v) is 10.8. The van der Waals surface area contributed by atoms with E-state index < -0.39 is 0 Å². The summed E-state index contributed by atoms with van der Waals surface area (Å²) in [6.07, 6.45) is 1.59. The van der Waals surface area contributed by atoms with Gasteiger partial charge >= 0.3 is 5.69 Å². The molecule has 0 radical (unpaired) electrons. The van der Waals surface area contributed by atoms with Crippen molar-refractivity contribution in [3.8, 4) is 0 Å². The Balaban J connectivity index is 2.12. The van der Waals surface area contributed by atoms with Crippen LogP contribution in [0.3, 0.4) is 0 Å². The third-order valence-electron chi connectivity index (χ3n) is 3.26. The molecular formula is C12H19N3O3. The number of hydrogen-bond acceptors (Lipinski definition) is 4. The van der Waals surface area contributed by atoms with Crippen molar-refractivity contribution in [1.29, 1.82) is 0 Å². The fourth-order valence-corrected chi connectivity index (χ4v) is 2.15. The smallest absolute Gasteiger partial charge is 0.328 e. The van der Waals surface area contributed by atoms with E-state index in [0.717, 1.165) is 19.6 Å². The molecule has 2 rings (SSSR count). The second kappa shape index (κ2) is 5.49. The van der Waals surface area contributed by atoms with Gasteiger partial charge in [0.15, 0.2) is 0 Å². The molecule has 1 aromatic heterocycles. The van der Waals surface area contributed by atoms with Crippen LogP contribution in [0, 0.1) is 6.92 Å². The van der Waals surface area contributed by atoms with Crippen molar-refractivity contribution >= 4 is 0 Å². The Morgan fingerprint density at radius 3 is 3.00 bits per heavy atom. The van der Waals surface area contributed by atoms with Crippen LogP contribution in [0.15, 0.2) is 15.8 Å². The van der Waals surface area contributed by atoms with Crippen molar-refractivity contribution in [2.24, 2.45) is 0 Å². The van der Waals surface area contributed by atoms with Gasteiger partial charge in [-0.05, 0) is 13.5 Å². The Hall–Kier alpha value is -1.40. The predicted molar refractivity (Wildman–Crippen MR) is 67.9 cm³/mol. The van der Waals surface area contributed by atoms with Crippen LogP contribution in [-0.4, -0.2) is 46.8 Å². The van der Waals surface area contributed by atoms with E-state index in [0.29, 0.717) is 18.7 Å². The first-order chi connectivity index (χ1) is 8.60. The van der Waals surface area contributed by atoms with Crippen LogP contribution in [-0.2, 0) is 11.3 Å². The molecule has 6 heteroatoms. The number of aromatic amines is 1. The highest BCUT2D eigenvalue weighted by molar-refractivity contribution is 5.00. The van der Waals surface area contributed by atoms with Gasteiger partial charge in [0.1, 0.15) is 0 Å². The van der Waals surface area contributed by atoms with E-state index >= 15 is 0 Å². The number of nitrogens with zero attached hydrogens (tertiary/aromatic N) is 2. The summed E-state index contributed by atoms with van der Waals surface area (Å²) in [4.78, 5) is 27.5. The quantitative estimate of drug-likeness (QED) is 0.793. The van der Waals surface area contributed by atoms with E-state index in [1.165, 1.54) is 4.57 Å². The summed E-state index contributed by atoms with van der Waals surface area (Å²) in [5, 5.41) is 0. The lowest BCUT2D eigenvalue weighted by Gasteiger charge is -2.32. The fraction of sp³-hybridized carbons (Fsp3) is 0.667. The summed E-state index contributed by atoms with van der Waals surface area (Å²) in [5.74, 6) is 0. The SMILES string of the molecule is CCN1CCOC(Cn2cc(C)c(=O)[nH]c2=O)C1. The zero-order chi connectivity index (χ0) is 13.1. The van der Waals surface area contributed by atoms with Crippen molar-refractivity contribution < 1.29 is 4.74 Å². The van der Waals surface area contributed by atoms with Gasteiger partial charge in [-0.3, -0.25) is 19.2 Å². The van der Waals surface area contributed by atoms with E-state index in [1.54, 1.807) is 13.1 Å². The van der Waals surface area contributed by atoms with Gasteiger partial charge in [0, 0.05) is 24.8 Å². The summed E-state index contributed by atoms with van der Waals surface area (Å²) >= 11 is 0. The average molecular weight is 253 g/mol. The number of morpholine rings is 1. The number of aryl methyl sites for hydroxylation is 1. The molecule has 0 saturated carbocycles. The minimum Gasteiger partial charge on any atom is -0.374 e. The highest BCUT2D eigenvalue weighted by Crippen LogP contribution is 2.06. The zero-order valence-electron chi connectivity index (χ0n) is 10.8. The molecule has 6 nitrogen and oxygen atoms in total. The van der Waals surface area contributed by atoms with Gasteiger partial charge < -0.3 is 4.74 Å². The summed E-state index contributed by atoms with van der Waals surface area (Å²) in [7, 11) is 0. The summed E-state index contributed by atoms with van der Waals surface area (Å²) in [5.41, 5.74) is -0.156. The molecule has 1 saturated heterocycles. The van der Waals surface area contributed by atoms with Crippen molar-refractivity contribution in [2.45, 2.75) is 26.5 Å². The highest BCUT2D eigenvalue weighted by Gasteiger charge is 2.20. The number of hydrogen-bond donors (Lipinski definition) is 1. The van der Waals surface area contributed by atoms with Crippen LogP contribution in [0.25, 0.3) is 0 Å². The predicted octanol–water partition coefficient (Wildman–Crippen LogP) is -0.434. The second-order valence-corrected chi connectivity index (χ2v) is 4.61. The molecule has 1 unspecified atom stereocenters. The summed E-state index contributed by atoms with van der Waals surface area (Å²) in [6, 6.07) is 0. The molecule has 0 amide bonds. The van der Waals surface area contributed by atoms with Gasteiger partial charge in [-0.2, -0.15) is 0 Å². The maximum absolute atomic E-state index is 11.7. The first-order valence-corrected chi connectivity index (χ1v) is 6.24. The van der Waals surface area contributed by atoms with Crippen LogP contribution in [0.1, 0.15) is 12.5 Å². The van der Waals surface area contributed by atoms with Gasteiger partial charge in [0.05, 0.1) is 19.3 Å². The molecule has 0 spiro atoms. The summed E-state index contributed by atoms with van der Waals surface area (Å²) < 4.78 is 7.16. The van der Waals surface area contributed by atoms with E-state index in [4.69, 9.17) is 4.74 Å².